The number of aliphatic hydroxyl groups is 1. The highest BCUT2D eigenvalue weighted by Gasteiger charge is 2.37. The molecule has 1 aliphatic carbocycles. The van der Waals surface area contributed by atoms with Crippen molar-refractivity contribution >= 4 is 6.29 Å². The quantitative estimate of drug-likeness (QED) is 0.748. The van der Waals surface area contributed by atoms with E-state index in [-0.39, 0.29) is 19.7 Å². The highest BCUT2D eigenvalue weighted by molar-refractivity contribution is 5.60. The van der Waals surface area contributed by atoms with Crippen LogP contribution in [0.3, 0.4) is 0 Å². The number of halogens is 3. The molecule has 0 atom stereocenters. The Morgan fingerprint density at radius 1 is 1.22 bits per heavy atom. The van der Waals surface area contributed by atoms with Crippen LogP contribution >= 0.6 is 0 Å². The summed E-state index contributed by atoms with van der Waals surface area (Å²) < 4.78 is 37.2. The van der Waals surface area contributed by atoms with Gasteiger partial charge in [0.1, 0.15) is 6.29 Å². The zero-order valence-electron chi connectivity index (χ0n) is 10.4. The first kappa shape index (κ1) is 15.4. The van der Waals surface area contributed by atoms with Gasteiger partial charge in [-0.3, -0.25) is 4.90 Å². The topological polar surface area (TPSA) is 40.5 Å². The van der Waals surface area contributed by atoms with Crippen molar-refractivity contribution in [3.8, 4) is 0 Å². The van der Waals surface area contributed by atoms with E-state index in [1.165, 1.54) is 0 Å². The summed E-state index contributed by atoms with van der Waals surface area (Å²) in [6.07, 6.45) is 0.623. The predicted octanol–water partition coefficient (Wildman–Crippen LogP) is 1.99. The van der Waals surface area contributed by atoms with Crippen LogP contribution in [0, 0.1) is 5.41 Å². The zero-order valence-corrected chi connectivity index (χ0v) is 10.4. The Hall–Kier alpha value is -0.620. The summed E-state index contributed by atoms with van der Waals surface area (Å²) in [7, 11) is 0. The van der Waals surface area contributed by atoms with Crippen LogP contribution < -0.4 is 0 Å². The molecule has 1 aliphatic rings. The van der Waals surface area contributed by atoms with Gasteiger partial charge in [-0.1, -0.05) is 19.3 Å². The number of aliphatic hydroxyl groups excluding tert-OH is 1. The maximum atomic E-state index is 12.4. The molecule has 0 aromatic carbocycles. The van der Waals surface area contributed by atoms with E-state index in [0.717, 1.165) is 30.4 Å². The van der Waals surface area contributed by atoms with Crippen molar-refractivity contribution < 1.29 is 23.1 Å². The molecule has 3 nitrogen and oxygen atoms in total. The molecule has 106 valence electrons. The fraction of sp³-hybridized carbons (Fsp3) is 0.917. The molecule has 0 aromatic rings. The number of carbonyl (C=O) groups excluding carboxylic acids is 1. The smallest absolute Gasteiger partial charge is 0.395 e. The maximum absolute atomic E-state index is 12.4. The van der Waals surface area contributed by atoms with E-state index in [4.69, 9.17) is 5.11 Å². The number of alkyl halides is 3. The second-order valence-corrected chi connectivity index (χ2v) is 5.09. The molecule has 0 unspecified atom stereocenters. The van der Waals surface area contributed by atoms with Gasteiger partial charge in [0.15, 0.2) is 0 Å². The molecule has 0 spiro atoms. The van der Waals surface area contributed by atoms with Gasteiger partial charge in [-0.05, 0) is 12.8 Å². The van der Waals surface area contributed by atoms with E-state index in [9.17, 15) is 18.0 Å². The zero-order chi connectivity index (χ0) is 13.6. The van der Waals surface area contributed by atoms with Crippen molar-refractivity contribution in [2.24, 2.45) is 5.41 Å². The molecule has 0 saturated heterocycles. The highest BCUT2D eigenvalue weighted by atomic mass is 19.4. The largest absolute Gasteiger partial charge is 0.401 e. The van der Waals surface area contributed by atoms with Gasteiger partial charge in [0.2, 0.25) is 0 Å². The van der Waals surface area contributed by atoms with Crippen LogP contribution in [-0.2, 0) is 4.79 Å². The van der Waals surface area contributed by atoms with Crippen molar-refractivity contribution in [2.45, 2.75) is 38.3 Å². The van der Waals surface area contributed by atoms with Gasteiger partial charge < -0.3 is 9.90 Å². The Morgan fingerprint density at radius 2 is 1.83 bits per heavy atom. The Kier molecular flexibility index (Phi) is 5.59. The Bertz CT molecular complexity index is 263. The number of hydrogen-bond donors (Lipinski definition) is 1. The summed E-state index contributed by atoms with van der Waals surface area (Å²) in [4.78, 5) is 12.4. The number of nitrogens with zero attached hydrogens (tertiary/aromatic N) is 1. The molecule has 0 amide bonds. The molecule has 1 rings (SSSR count). The standard InChI is InChI=1S/C12H20F3NO2/c13-12(14,15)9-16(6-7-17)8-11(10-18)4-2-1-3-5-11/h10,17H,1-9H2. The Morgan fingerprint density at radius 3 is 2.28 bits per heavy atom. The average Bonchev–Trinajstić information content (AvgIpc) is 2.28. The SMILES string of the molecule is O=CC1(CN(CCO)CC(F)(F)F)CCCCC1. The number of hydrogen-bond acceptors (Lipinski definition) is 3. The minimum Gasteiger partial charge on any atom is -0.395 e. The number of carbonyl (C=O) groups is 1. The lowest BCUT2D eigenvalue weighted by molar-refractivity contribution is -0.152. The predicted molar refractivity (Wildman–Crippen MR) is 61.2 cm³/mol. The maximum Gasteiger partial charge on any atom is 0.401 e. The van der Waals surface area contributed by atoms with Crippen LogP contribution in [0.5, 0.6) is 0 Å². The molecular weight excluding hydrogens is 247 g/mol. The molecule has 0 radical (unpaired) electrons. The highest BCUT2D eigenvalue weighted by Crippen LogP contribution is 2.35. The Balaban J connectivity index is 2.64. The molecule has 0 aliphatic heterocycles. The second-order valence-electron chi connectivity index (χ2n) is 5.09. The molecular formula is C12H20F3NO2. The van der Waals surface area contributed by atoms with Crippen molar-refractivity contribution in [1.82, 2.24) is 4.90 Å². The van der Waals surface area contributed by atoms with E-state index in [0.29, 0.717) is 12.8 Å². The van der Waals surface area contributed by atoms with Gasteiger partial charge in [-0.25, -0.2) is 0 Å². The van der Waals surface area contributed by atoms with Crippen molar-refractivity contribution in [2.75, 3.05) is 26.2 Å². The normalized spacial score (nSPS) is 20.1. The summed E-state index contributed by atoms with van der Waals surface area (Å²) in [6.45, 7) is -1.35. The molecule has 0 aromatic heterocycles. The lowest BCUT2D eigenvalue weighted by Gasteiger charge is -2.37. The first-order valence-corrected chi connectivity index (χ1v) is 6.27. The lowest BCUT2D eigenvalue weighted by atomic mass is 9.75. The minimum absolute atomic E-state index is 0.0465. The van der Waals surface area contributed by atoms with Crippen molar-refractivity contribution in [3.05, 3.63) is 0 Å². The third kappa shape index (κ3) is 4.94. The van der Waals surface area contributed by atoms with E-state index >= 15 is 0 Å². The molecule has 1 N–H and O–H groups in total. The molecule has 6 heteroatoms. The van der Waals surface area contributed by atoms with Gasteiger partial charge >= 0.3 is 6.18 Å². The van der Waals surface area contributed by atoms with Crippen LogP contribution in [0.25, 0.3) is 0 Å². The van der Waals surface area contributed by atoms with E-state index in [1.807, 2.05) is 0 Å². The summed E-state index contributed by atoms with van der Waals surface area (Å²) in [5.41, 5.74) is -0.654. The Labute approximate surface area is 105 Å². The fourth-order valence-electron chi connectivity index (χ4n) is 2.62. The van der Waals surface area contributed by atoms with Crippen LogP contribution in [0.1, 0.15) is 32.1 Å². The van der Waals surface area contributed by atoms with E-state index in [2.05, 4.69) is 0 Å². The first-order chi connectivity index (χ1) is 8.41. The second kappa shape index (κ2) is 6.52. The van der Waals surface area contributed by atoms with Gasteiger partial charge in [0.05, 0.1) is 13.2 Å². The monoisotopic (exact) mass is 267 g/mol. The van der Waals surface area contributed by atoms with E-state index < -0.39 is 18.1 Å². The van der Waals surface area contributed by atoms with Crippen LogP contribution in [0.4, 0.5) is 13.2 Å². The van der Waals surface area contributed by atoms with Crippen LogP contribution in [0.15, 0.2) is 0 Å². The van der Waals surface area contributed by atoms with Crippen molar-refractivity contribution in [1.29, 1.82) is 0 Å². The summed E-state index contributed by atoms with van der Waals surface area (Å²) >= 11 is 0. The van der Waals surface area contributed by atoms with E-state index in [1.54, 1.807) is 0 Å². The molecule has 18 heavy (non-hydrogen) atoms. The first-order valence-electron chi connectivity index (χ1n) is 6.27. The molecule has 1 fully saturated rings. The van der Waals surface area contributed by atoms with Gasteiger partial charge in [-0.2, -0.15) is 13.2 Å². The number of rotatable bonds is 6. The summed E-state index contributed by atoms with van der Waals surface area (Å²) in [5, 5.41) is 8.82. The average molecular weight is 267 g/mol. The fourth-order valence-corrected chi connectivity index (χ4v) is 2.62. The van der Waals surface area contributed by atoms with Gasteiger partial charge in [0.25, 0.3) is 0 Å². The molecule has 0 bridgehead atoms. The summed E-state index contributed by atoms with van der Waals surface area (Å²) in [5.74, 6) is 0. The van der Waals surface area contributed by atoms with Gasteiger partial charge in [-0.15, -0.1) is 0 Å². The molecule has 1 saturated carbocycles. The lowest BCUT2D eigenvalue weighted by Crippen LogP contribution is -2.45. The third-order valence-electron chi connectivity index (χ3n) is 3.46. The third-order valence-corrected chi connectivity index (χ3v) is 3.46. The van der Waals surface area contributed by atoms with Crippen LogP contribution in [-0.4, -0.2) is 48.7 Å². The summed E-state index contributed by atoms with van der Waals surface area (Å²) in [6, 6.07) is 0. The minimum atomic E-state index is -4.30. The van der Waals surface area contributed by atoms with Gasteiger partial charge in [0, 0.05) is 18.5 Å². The molecule has 0 heterocycles. The van der Waals surface area contributed by atoms with Crippen LogP contribution in [0.2, 0.25) is 0 Å². The number of aldehydes is 1. The van der Waals surface area contributed by atoms with Crippen molar-refractivity contribution in [3.63, 3.8) is 0 Å².